The van der Waals surface area contributed by atoms with E-state index in [0.717, 1.165) is 25.2 Å². The average Bonchev–Trinajstić information content (AvgIpc) is 3.05. The summed E-state index contributed by atoms with van der Waals surface area (Å²) in [5, 5.41) is 36.9. The van der Waals surface area contributed by atoms with Gasteiger partial charge in [-0.05, 0) is 65.9 Å². The maximum absolute atomic E-state index is 13.0. The van der Waals surface area contributed by atoms with E-state index in [0.29, 0.717) is 40.8 Å². The number of allylic oxidation sites excluding steroid dienone is 5. The number of carbonyl (C=O) groups excluding carboxylic acids is 2. The lowest BCUT2D eigenvalue weighted by molar-refractivity contribution is -0.134. The minimum atomic E-state index is -0.833. The van der Waals surface area contributed by atoms with Gasteiger partial charge in [-0.25, -0.2) is 0 Å². The second-order valence-electron chi connectivity index (χ2n) is 9.68. The van der Waals surface area contributed by atoms with Gasteiger partial charge in [0, 0.05) is 42.1 Å². The van der Waals surface area contributed by atoms with Gasteiger partial charge in [-0.1, -0.05) is 68.0 Å². The Kier molecular flexibility index (Phi) is 33.8. The van der Waals surface area contributed by atoms with E-state index >= 15 is 0 Å². The van der Waals surface area contributed by atoms with E-state index in [9.17, 15) is 9.59 Å². The summed E-state index contributed by atoms with van der Waals surface area (Å²) < 4.78 is 0. The predicted octanol–water partition coefficient (Wildman–Crippen LogP) is 4.76. The number of amides is 1. The number of anilines is 2. The number of hydrazone groups is 1. The molecule has 0 aromatic heterocycles. The quantitative estimate of drug-likeness (QED) is 0.0349. The fourth-order valence-electron chi connectivity index (χ4n) is 3.34. The molecule has 0 heterocycles. The summed E-state index contributed by atoms with van der Waals surface area (Å²) in [7, 11) is 4.71. The number of aldehydes is 1. The van der Waals surface area contributed by atoms with E-state index in [1.54, 1.807) is 18.2 Å². The van der Waals surface area contributed by atoms with Crippen molar-refractivity contribution in [1.29, 1.82) is 0 Å². The number of aliphatic hydroxyl groups excluding tert-OH is 3. The van der Waals surface area contributed by atoms with Gasteiger partial charge in [0.2, 0.25) is 5.91 Å². The number of nitrogens with two attached hydrogens (primary N) is 2. The third-order valence-corrected chi connectivity index (χ3v) is 5.40. The van der Waals surface area contributed by atoms with Gasteiger partial charge in [0.1, 0.15) is 0 Å². The first kappa shape index (κ1) is 50.2. The molecular weight excluding hydrogens is 614 g/mol. The number of rotatable bonds is 10. The molecule has 0 aliphatic carbocycles. The van der Waals surface area contributed by atoms with Crippen LogP contribution in [0.5, 0.6) is 0 Å². The maximum Gasteiger partial charge on any atom is 0.300 e. The van der Waals surface area contributed by atoms with Crippen molar-refractivity contribution in [2.75, 3.05) is 38.9 Å². The third-order valence-electron chi connectivity index (χ3n) is 5.40. The number of nitrogens with one attached hydrogen (secondary N) is 1. The van der Waals surface area contributed by atoms with Gasteiger partial charge in [0.15, 0.2) is 6.29 Å². The summed E-state index contributed by atoms with van der Waals surface area (Å²) in [5.74, 6) is 4.34. The molecule has 12 heteroatoms. The SMILES string of the molecule is C/C=C(C)/C=C(\C=N/N)c1c(N)cc(NC(=O)C(Cc2ccccc2)N(C)C)cc1C=O.C=CC.CC.CC(=O)O.CC(O)CO.CO. The van der Waals surface area contributed by atoms with Crippen molar-refractivity contribution in [2.24, 2.45) is 10.9 Å². The summed E-state index contributed by atoms with van der Waals surface area (Å²) in [5.41, 5.74) is 10.6. The van der Waals surface area contributed by atoms with Crippen molar-refractivity contribution in [3.05, 3.63) is 89.5 Å². The van der Waals surface area contributed by atoms with Crippen LogP contribution in [-0.2, 0) is 16.0 Å². The highest BCUT2D eigenvalue weighted by molar-refractivity contribution is 6.15. The lowest BCUT2D eigenvalue weighted by atomic mass is 9.96. The van der Waals surface area contributed by atoms with Crippen LogP contribution in [-0.4, -0.2) is 89.7 Å². The number of nitrogen functional groups attached to an aromatic ring is 1. The van der Waals surface area contributed by atoms with Crippen molar-refractivity contribution in [3.8, 4) is 0 Å². The predicted molar refractivity (Wildman–Crippen MR) is 200 cm³/mol. The first-order valence-corrected chi connectivity index (χ1v) is 15.2. The second kappa shape index (κ2) is 32.3. The highest BCUT2D eigenvalue weighted by Gasteiger charge is 2.22. The Hall–Kier alpha value is -4.62. The third kappa shape index (κ3) is 24.6. The molecule has 2 aromatic rings. The molecule has 48 heavy (non-hydrogen) atoms. The van der Waals surface area contributed by atoms with Gasteiger partial charge in [-0.3, -0.25) is 19.3 Å². The number of carboxylic acids is 1. The summed E-state index contributed by atoms with van der Waals surface area (Å²) in [6, 6.07) is 12.7. The molecular formula is C36H59N5O7. The number of hydrogen-bond donors (Lipinski definition) is 7. The summed E-state index contributed by atoms with van der Waals surface area (Å²) in [6.45, 7) is 15.5. The van der Waals surface area contributed by atoms with Crippen LogP contribution in [0.4, 0.5) is 11.4 Å². The van der Waals surface area contributed by atoms with Gasteiger partial charge in [0.25, 0.3) is 5.97 Å². The Balaban J connectivity index is -0.000000509. The number of hydrogen-bond acceptors (Lipinski definition) is 10. The first-order valence-electron chi connectivity index (χ1n) is 15.2. The molecule has 0 radical (unpaired) electrons. The number of likely N-dealkylation sites (N-methyl/N-ethyl adjacent to an activating group) is 1. The minimum Gasteiger partial charge on any atom is -0.481 e. The highest BCUT2D eigenvalue weighted by Crippen LogP contribution is 2.29. The maximum atomic E-state index is 13.0. The van der Waals surface area contributed by atoms with Crippen LogP contribution >= 0.6 is 0 Å². The molecule has 270 valence electrons. The standard InChI is InChI=1S/C25H31N5O2.C3H8O2.C3H6.C2H4O2.C2H6.CH4O/c1-5-17(2)11-19(15-28-27)24-20(16-31)13-21(14-22(24)26)29-25(32)23(30(3)4)12-18-9-7-6-8-10-18;1-3(5)2-4;1-3-2;1-2(3)4;2*1-2/h5-11,13-16,23H,12,26-27H2,1-4H3,(H,29,32);3-5H,2H2,1H3;3H,1H2,2H3;1H3,(H,3,4);1-2H3;2H,1H3/b17-5+,19-11+,28-15-;;;;;. The highest BCUT2D eigenvalue weighted by atomic mass is 16.4. The molecule has 2 aromatic carbocycles. The van der Waals surface area contributed by atoms with Crippen LogP contribution in [0, 0.1) is 0 Å². The number of aliphatic carboxylic acids is 1. The Labute approximate surface area is 287 Å². The Morgan fingerprint density at radius 2 is 1.56 bits per heavy atom. The number of benzene rings is 2. The van der Waals surface area contributed by atoms with Crippen LogP contribution < -0.4 is 16.9 Å². The van der Waals surface area contributed by atoms with Gasteiger partial charge >= 0.3 is 0 Å². The average molecular weight is 674 g/mol. The topological polar surface area (TPSA) is 212 Å². The second-order valence-corrected chi connectivity index (χ2v) is 9.68. The molecule has 2 atom stereocenters. The fraction of sp³-hybridized carbons (Fsp3) is 0.389. The first-order chi connectivity index (χ1) is 22.7. The van der Waals surface area contributed by atoms with Crippen molar-refractivity contribution < 1.29 is 34.8 Å². The Bertz CT molecular complexity index is 1250. The lowest BCUT2D eigenvalue weighted by Crippen LogP contribution is -2.41. The van der Waals surface area contributed by atoms with E-state index in [1.165, 1.54) is 13.1 Å². The summed E-state index contributed by atoms with van der Waals surface area (Å²) in [4.78, 5) is 35.8. The molecule has 9 N–H and O–H groups in total. The molecule has 0 spiro atoms. The summed E-state index contributed by atoms with van der Waals surface area (Å²) >= 11 is 0. The van der Waals surface area contributed by atoms with Gasteiger partial charge in [0.05, 0.1) is 25.0 Å². The molecule has 12 nitrogen and oxygen atoms in total. The zero-order valence-electron chi connectivity index (χ0n) is 30.3. The van der Waals surface area contributed by atoms with E-state index in [-0.39, 0.29) is 12.5 Å². The number of carbonyl (C=O) groups is 3. The zero-order chi connectivity index (χ0) is 38.2. The zero-order valence-corrected chi connectivity index (χ0v) is 30.3. The van der Waals surface area contributed by atoms with Crippen molar-refractivity contribution in [1.82, 2.24) is 4.90 Å². The molecule has 0 aliphatic heterocycles. The van der Waals surface area contributed by atoms with Gasteiger partial charge in [-0.2, -0.15) is 5.10 Å². The number of nitrogens with zero attached hydrogens (tertiary/aromatic N) is 2. The van der Waals surface area contributed by atoms with E-state index < -0.39 is 18.1 Å². The smallest absolute Gasteiger partial charge is 0.300 e. The monoisotopic (exact) mass is 673 g/mol. The Morgan fingerprint density at radius 1 is 1.08 bits per heavy atom. The van der Waals surface area contributed by atoms with Crippen LogP contribution in [0.3, 0.4) is 0 Å². The van der Waals surface area contributed by atoms with Gasteiger partial charge < -0.3 is 37.3 Å². The van der Waals surface area contributed by atoms with Crippen LogP contribution in [0.15, 0.2) is 77.9 Å². The normalized spacial score (nSPS) is 11.5. The molecule has 0 bridgehead atoms. The molecule has 0 fully saturated rings. The van der Waals surface area contributed by atoms with Crippen LogP contribution in [0.25, 0.3) is 5.57 Å². The molecule has 0 aliphatic rings. The lowest BCUT2D eigenvalue weighted by Gasteiger charge is -2.24. The van der Waals surface area contributed by atoms with Crippen LogP contribution in [0.1, 0.15) is 70.0 Å². The van der Waals surface area contributed by atoms with Crippen molar-refractivity contribution >= 4 is 41.3 Å². The van der Waals surface area contributed by atoms with Gasteiger partial charge in [-0.15, -0.1) is 6.58 Å². The fourth-order valence-corrected chi connectivity index (χ4v) is 3.34. The largest absolute Gasteiger partial charge is 0.481 e. The molecule has 1 amide bonds. The van der Waals surface area contributed by atoms with Crippen molar-refractivity contribution in [2.45, 2.75) is 67.0 Å². The summed E-state index contributed by atoms with van der Waals surface area (Å²) in [6.07, 6.45) is 7.66. The van der Waals surface area contributed by atoms with E-state index in [1.807, 2.05) is 96.1 Å². The molecule has 0 saturated heterocycles. The molecule has 0 saturated carbocycles. The number of aliphatic hydroxyl groups is 3. The number of carboxylic acid groups (broad SMARTS) is 1. The van der Waals surface area contributed by atoms with E-state index in [4.69, 9.17) is 36.8 Å². The van der Waals surface area contributed by atoms with Crippen LogP contribution in [0.2, 0.25) is 0 Å². The molecule has 2 unspecified atom stereocenters. The molecule has 2 rings (SSSR count). The van der Waals surface area contributed by atoms with Crippen molar-refractivity contribution in [3.63, 3.8) is 0 Å². The Morgan fingerprint density at radius 3 is 1.94 bits per heavy atom. The van der Waals surface area contributed by atoms with E-state index in [2.05, 4.69) is 17.0 Å². The minimum absolute atomic E-state index is 0.139.